The molecule has 0 spiro atoms. The summed E-state index contributed by atoms with van der Waals surface area (Å²) < 4.78 is 1.86. The van der Waals surface area contributed by atoms with Crippen molar-refractivity contribution in [3.8, 4) is 0 Å². The number of nitrogens with zero attached hydrogens (tertiary/aromatic N) is 2. The van der Waals surface area contributed by atoms with Gasteiger partial charge >= 0.3 is 5.97 Å². The number of carboxylic acids is 1. The molecule has 0 saturated heterocycles. The molecule has 1 aromatic rings. The van der Waals surface area contributed by atoms with E-state index in [1.54, 1.807) is 0 Å². The topological polar surface area (TPSA) is 98.2 Å². The van der Waals surface area contributed by atoms with Gasteiger partial charge in [-0.15, -0.1) is 0 Å². The summed E-state index contributed by atoms with van der Waals surface area (Å²) in [4.78, 5) is 22.1. The predicted octanol–water partition coefficient (Wildman–Crippen LogP) is 1.78. The Hall–Kier alpha value is -1.85. The van der Waals surface area contributed by atoms with E-state index in [4.69, 9.17) is 10.8 Å². The van der Waals surface area contributed by atoms with Gasteiger partial charge in [-0.25, -0.2) is 0 Å². The second-order valence-electron chi connectivity index (χ2n) is 6.03. The molecule has 3 N–H and O–H groups in total. The fourth-order valence-corrected chi connectivity index (χ4v) is 3.14. The molecule has 1 aliphatic carbocycles. The Morgan fingerprint density at radius 3 is 2.76 bits per heavy atom. The van der Waals surface area contributed by atoms with Gasteiger partial charge in [0.25, 0.3) is 0 Å². The summed E-state index contributed by atoms with van der Waals surface area (Å²) >= 11 is 0. The maximum absolute atomic E-state index is 11.1. The van der Waals surface area contributed by atoms with E-state index in [2.05, 4.69) is 18.9 Å². The molecule has 0 fully saturated rings. The lowest BCUT2D eigenvalue weighted by atomic mass is 9.81. The van der Waals surface area contributed by atoms with Crippen molar-refractivity contribution < 1.29 is 14.7 Å². The number of aryl methyl sites for hydroxylation is 1. The number of carbonyl (C=O) groups excluding carboxylic acids is 1. The predicted molar refractivity (Wildman–Crippen MR) is 78.1 cm³/mol. The number of rotatable bonds is 6. The summed E-state index contributed by atoms with van der Waals surface area (Å²) in [5.41, 5.74) is 8.39. The van der Waals surface area contributed by atoms with Gasteiger partial charge in [-0.05, 0) is 31.1 Å². The van der Waals surface area contributed by atoms with Gasteiger partial charge in [-0.1, -0.05) is 13.8 Å². The van der Waals surface area contributed by atoms with Gasteiger partial charge in [0.05, 0.1) is 12.1 Å². The number of nitrogens with two attached hydrogens (primary N) is 1. The average Bonchev–Trinajstić information content (AvgIpc) is 2.76. The summed E-state index contributed by atoms with van der Waals surface area (Å²) in [6.07, 6.45) is 3.15. The molecule has 0 aromatic carbocycles. The highest BCUT2D eigenvalue weighted by molar-refractivity contribution is 5.73. The molecule has 0 saturated carbocycles. The van der Waals surface area contributed by atoms with E-state index in [1.165, 1.54) is 0 Å². The Balaban J connectivity index is 2.38. The molecule has 2 rings (SSSR count). The number of hydrogen-bond donors (Lipinski definition) is 2. The zero-order valence-electron chi connectivity index (χ0n) is 12.6. The second kappa shape index (κ2) is 6.28. The smallest absolute Gasteiger partial charge is 0.303 e. The molecule has 1 unspecified atom stereocenters. The fourth-order valence-electron chi connectivity index (χ4n) is 3.14. The van der Waals surface area contributed by atoms with Gasteiger partial charge in [0.1, 0.15) is 0 Å². The van der Waals surface area contributed by atoms with Gasteiger partial charge in [0.15, 0.2) is 0 Å². The second-order valence-corrected chi connectivity index (χ2v) is 6.03. The Labute approximate surface area is 124 Å². The summed E-state index contributed by atoms with van der Waals surface area (Å²) in [6.45, 7) is 4.60. The van der Waals surface area contributed by atoms with Crippen LogP contribution in [0, 0.1) is 0 Å². The Kier molecular flexibility index (Phi) is 4.65. The zero-order chi connectivity index (χ0) is 15.6. The maximum atomic E-state index is 11.1. The minimum Gasteiger partial charge on any atom is -0.481 e. The highest BCUT2D eigenvalue weighted by atomic mass is 16.4. The number of amides is 1. The SMILES string of the molecule is CC(C)c1nn(CCC(N)=O)c2c1C(CC(=O)O)CCC2. The molecule has 0 bridgehead atoms. The van der Waals surface area contributed by atoms with Crippen molar-refractivity contribution in [2.75, 3.05) is 0 Å². The number of primary amides is 1. The standard InChI is InChI=1S/C15H23N3O3/c1-9(2)15-14-10(8-13(20)21)4-3-5-11(14)18(17-15)7-6-12(16)19/h9-10H,3-8H2,1-2H3,(H2,16,19)(H,20,21). The van der Waals surface area contributed by atoms with E-state index < -0.39 is 5.97 Å². The molecular formula is C15H23N3O3. The lowest BCUT2D eigenvalue weighted by molar-refractivity contribution is -0.137. The molecule has 1 aromatic heterocycles. The Morgan fingerprint density at radius 1 is 1.48 bits per heavy atom. The van der Waals surface area contributed by atoms with Crippen LogP contribution in [0.3, 0.4) is 0 Å². The summed E-state index contributed by atoms with van der Waals surface area (Å²) in [7, 11) is 0. The first-order valence-corrected chi connectivity index (χ1v) is 7.49. The summed E-state index contributed by atoms with van der Waals surface area (Å²) in [5.74, 6) is -0.843. The summed E-state index contributed by atoms with van der Waals surface area (Å²) in [5, 5.41) is 13.8. The van der Waals surface area contributed by atoms with Crippen LogP contribution < -0.4 is 5.73 Å². The van der Waals surface area contributed by atoms with Crippen molar-refractivity contribution >= 4 is 11.9 Å². The van der Waals surface area contributed by atoms with Crippen LogP contribution in [-0.2, 0) is 22.6 Å². The number of aliphatic carboxylic acids is 1. The van der Waals surface area contributed by atoms with Crippen LogP contribution in [0.25, 0.3) is 0 Å². The highest BCUT2D eigenvalue weighted by Gasteiger charge is 2.30. The van der Waals surface area contributed by atoms with Crippen molar-refractivity contribution in [2.24, 2.45) is 5.73 Å². The third-order valence-corrected chi connectivity index (χ3v) is 4.04. The maximum Gasteiger partial charge on any atom is 0.303 e. The van der Waals surface area contributed by atoms with Crippen LogP contribution in [0.1, 0.15) is 68.3 Å². The van der Waals surface area contributed by atoms with Crippen molar-refractivity contribution in [1.82, 2.24) is 9.78 Å². The molecule has 1 atom stereocenters. The molecule has 6 heteroatoms. The number of aromatic nitrogens is 2. The lowest BCUT2D eigenvalue weighted by Gasteiger charge is -2.23. The first kappa shape index (κ1) is 15.5. The van der Waals surface area contributed by atoms with E-state index in [-0.39, 0.29) is 30.6 Å². The van der Waals surface area contributed by atoms with Gasteiger partial charge < -0.3 is 10.8 Å². The lowest BCUT2D eigenvalue weighted by Crippen LogP contribution is -2.18. The van der Waals surface area contributed by atoms with Crippen LogP contribution in [-0.4, -0.2) is 26.8 Å². The van der Waals surface area contributed by atoms with E-state index in [1.807, 2.05) is 4.68 Å². The quantitative estimate of drug-likeness (QED) is 0.835. The molecule has 6 nitrogen and oxygen atoms in total. The van der Waals surface area contributed by atoms with Crippen LogP contribution in [0.2, 0.25) is 0 Å². The highest BCUT2D eigenvalue weighted by Crippen LogP contribution is 2.38. The first-order chi connectivity index (χ1) is 9.90. The van der Waals surface area contributed by atoms with E-state index in [0.717, 1.165) is 36.2 Å². The summed E-state index contributed by atoms with van der Waals surface area (Å²) in [6, 6.07) is 0. The van der Waals surface area contributed by atoms with E-state index >= 15 is 0 Å². The molecule has 1 heterocycles. The monoisotopic (exact) mass is 293 g/mol. The number of carbonyl (C=O) groups is 2. The van der Waals surface area contributed by atoms with Crippen molar-refractivity contribution in [2.45, 2.75) is 64.3 Å². The Morgan fingerprint density at radius 2 is 2.19 bits per heavy atom. The van der Waals surface area contributed by atoms with Crippen LogP contribution in [0.5, 0.6) is 0 Å². The fraction of sp³-hybridized carbons (Fsp3) is 0.667. The minimum absolute atomic E-state index is 0.0333. The van der Waals surface area contributed by atoms with Gasteiger partial charge in [0, 0.05) is 24.2 Å². The third-order valence-electron chi connectivity index (χ3n) is 4.04. The Bertz CT molecular complexity index is 549. The zero-order valence-corrected chi connectivity index (χ0v) is 12.6. The molecular weight excluding hydrogens is 270 g/mol. The molecule has 1 amide bonds. The van der Waals surface area contributed by atoms with Crippen LogP contribution in [0.15, 0.2) is 0 Å². The molecule has 0 radical (unpaired) electrons. The van der Waals surface area contributed by atoms with Crippen molar-refractivity contribution in [1.29, 1.82) is 0 Å². The van der Waals surface area contributed by atoms with Crippen molar-refractivity contribution in [3.05, 3.63) is 17.0 Å². The number of fused-ring (bicyclic) bond motifs is 1. The number of hydrogen-bond acceptors (Lipinski definition) is 3. The number of carboxylic acid groups (broad SMARTS) is 1. The van der Waals surface area contributed by atoms with Crippen molar-refractivity contribution in [3.63, 3.8) is 0 Å². The largest absolute Gasteiger partial charge is 0.481 e. The van der Waals surface area contributed by atoms with Gasteiger partial charge in [-0.3, -0.25) is 14.3 Å². The minimum atomic E-state index is -0.771. The van der Waals surface area contributed by atoms with E-state index in [0.29, 0.717) is 6.54 Å². The first-order valence-electron chi connectivity index (χ1n) is 7.49. The molecule has 1 aliphatic rings. The molecule has 116 valence electrons. The molecule has 0 aliphatic heterocycles. The van der Waals surface area contributed by atoms with Gasteiger partial charge in [0.2, 0.25) is 5.91 Å². The normalized spacial score (nSPS) is 17.8. The van der Waals surface area contributed by atoms with Crippen LogP contribution >= 0.6 is 0 Å². The van der Waals surface area contributed by atoms with Gasteiger partial charge in [-0.2, -0.15) is 5.10 Å². The van der Waals surface area contributed by atoms with E-state index in [9.17, 15) is 9.59 Å². The average molecular weight is 293 g/mol. The molecule has 21 heavy (non-hydrogen) atoms. The van der Waals surface area contributed by atoms with Crippen LogP contribution in [0.4, 0.5) is 0 Å². The third kappa shape index (κ3) is 3.43.